The molecule has 0 unspecified atom stereocenters. The molecule has 166 valence electrons. The first-order valence-electron chi connectivity index (χ1n) is 9.92. The quantitative estimate of drug-likeness (QED) is 0.511. The number of carbonyl (C=O) groups excluding carboxylic acids is 1. The van der Waals surface area contributed by atoms with Gasteiger partial charge < -0.3 is 14.8 Å². The lowest BCUT2D eigenvalue weighted by molar-refractivity contribution is 0.102. The number of ether oxygens (including phenoxy) is 2. The molecule has 0 atom stereocenters. The molecule has 3 aromatic carbocycles. The Morgan fingerprint density at radius 2 is 1.53 bits per heavy atom. The molecule has 1 heterocycles. The van der Waals surface area contributed by atoms with E-state index in [9.17, 15) is 13.2 Å². The molecule has 4 rings (SSSR count). The van der Waals surface area contributed by atoms with Crippen molar-refractivity contribution < 1.29 is 22.7 Å². The van der Waals surface area contributed by atoms with E-state index in [2.05, 4.69) is 10.0 Å². The number of thioether (sulfide) groups is 1. The molecule has 0 aromatic heterocycles. The Labute approximate surface area is 191 Å². The van der Waals surface area contributed by atoms with Gasteiger partial charge in [-0.15, -0.1) is 11.8 Å². The summed E-state index contributed by atoms with van der Waals surface area (Å²) in [5, 5.41) is 2.80. The van der Waals surface area contributed by atoms with Gasteiger partial charge in [0.25, 0.3) is 15.9 Å². The summed E-state index contributed by atoms with van der Waals surface area (Å²) in [4.78, 5) is 13.6. The van der Waals surface area contributed by atoms with E-state index in [4.69, 9.17) is 9.47 Å². The third-order valence-corrected chi connectivity index (χ3v) is 6.90. The number of hydrogen-bond acceptors (Lipinski definition) is 6. The molecule has 9 heteroatoms. The highest BCUT2D eigenvalue weighted by Gasteiger charge is 2.19. The number of amides is 1. The minimum Gasteiger partial charge on any atom is -0.490 e. The maximum Gasteiger partial charge on any atom is 0.262 e. The molecule has 0 saturated heterocycles. The second kappa shape index (κ2) is 9.54. The normalized spacial score (nSPS) is 13.2. The molecular formula is C23H22N2O5S2. The van der Waals surface area contributed by atoms with Crippen LogP contribution in [0.15, 0.2) is 76.5 Å². The fourth-order valence-electron chi connectivity index (χ4n) is 3.09. The van der Waals surface area contributed by atoms with Gasteiger partial charge >= 0.3 is 0 Å². The van der Waals surface area contributed by atoms with Gasteiger partial charge in [0.15, 0.2) is 11.5 Å². The van der Waals surface area contributed by atoms with Crippen molar-refractivity contribution in [1.29, 1.82) is 0 Å². The molecule has 0 spiro atoms. The van der Waals surface area contributed by atoms with Crippen molar-refractivity contribution in [1.82, 2.24) is 0 Å². The average Bonchev–Trinajstić information content (AvgIpc) is 3.05. The Morgan fingerprint density at radius 1 is 0.875 bits per heavy atom. The second-order valence-electron chi connectivity index (χ2n) is 7.02. The summed E-state index contributed by atoms with van der Waals surface area (Å²) in [5.74, 6) is 0.705. The van der Waals surface area contributed by atoms with Crippen molar-refractivity contribution in [3.05, 3.63) is 72.3 Å². The summed E-state index contributed by atoms with van der Waals surface area (Å²) in [6.07, 6.45) is 2.71. The average molecular weight is 471 g/mol. The molecule has 7 nitrogen and oxygen atoms in total. The van der Waals surface area contributed by atoms with Crippen molar-refractivity contribution in [3.8, 4) is 11.5 Å². The van der Waals surface area contributed by atoms with Crippen LogP contribution < -0.4 is 19.5 Å². The zero-order valence-corrected chi connectivity index (χ0v) is 19.0. The molecule has 32 heavy (non-hydrogen) atoms. The summed E-state index contributed by atoms with van der Waals surface area (Å²) in [7, 11) is -3.82. The fourth-order valence-corrected chi connectivity index (χ4v) is 4.57. The third kappa shape index (κ3) is 5.17. The van der Waals surface area contributed by atoms with Crippen LogP contribution in [0.1, 0.15) is 16.8 Å². The minimum absolute atomic E-state index is 0.0767. The van der Waals surface area contributed by atoms with Crippen LogP contribution in [0.4, 0.5) is 11.4 Å². The predicted molar refractivity (Wildman–Crippen MR) is 125 cm³/mol. The number of nitrogens with one attached hydrogen (secondary N) is 2. The Bertz CT molecular complexity index is 1210. The molecule has 3 aromatic rings. The predicted octanol–water partition coefficient (Wildman–Crippen LogP) is 4.62. The van der Waals surface area contributed by atoms with Crippen LogP contribution in [0.5, 0.6) is 11.5 Å². The zero-order chi connectivity index (χ0) is 22.6. The maximum absolute atomic E-state index is 12.8. The molecule has 0 fully saturated rings. The number of anilines is 2. The van der Waals surface area contributed by atoms with Gasteiger partial charge in [0.2, 0.25) is 0 Å². The van der Waals surface area contributed by atoms with E-state index < -0.39 is 10.0 Å². The van der Waals surface area contributed by atoms with Crippen LogP contribution >= 0.6 is 11.8 Å². The van der Waals surface area contributed by atoms with Gasteiger partial charge in [0.1, 0.15) is 0 Å². The maximum atomic E-state index is 12.8. The number of rotatable bonds is 6. The first kappa shape index (κ1) is 22.0. The van der Waals surface area contributed by atoms with Crippen molar-refractivity contribution >= 4 is 39.1 Å². The Balaban J connectivity index is 1.43. The summed E-state index contributed by atoms with van der Waals surface area (Å²) >= 11 is 1.60. The van der Waals surface area contributed by atoms with E-state index in [0.29, 0.717) is 41.7 Å². The molecule has 0 saturated carbocycles. The lowest BCUT2D eigenvalue weighted by Crippen LogP contribution is -2.14. The number of hydrogen-bond donors (Lipinski definition) is 2. The fraction of sp³-hybridized carbons (Fsp3) is 0.174. The molecule has 2 N–H and O–H groups in total. The number of sulfonamides is 1. The highest BCUT2D eigenvalue weighted by Crippen LogP contribution is 2.32. The van der Waals surface area contributed by atoms with Gasteiger partial charge in [0, 0.05) is 34.3 Å². The van der Waals surface area contributed by atoms with E-state index in [1.165, 1.54) is 12.1 Å². The van der Waals surface area contributed by atoms with Gasteiger partial charge in [-0.3, -0.25) is 9.52 Å². The van der Waals surface area contributed by atoms with Crippen LogP contribution in [0, 0.1) is 0 Å². The van der Waals surface area contributed by atoms with Crippen LogP contribution in [-0.4, -0.2) is 33.8 Å². The van der Waals surface area contributed by atoms with E-state index in [1.54, 1.807) is 54.2 Å². The van der Waals surface area contributed by atoms with Crippen LogP contribution in [0.25, 0.3) is 0 Å². The summed E-state index contributed by atoms with van der Waals surface area (Å²) < 4.78 is 39.3. The summed E-state index contributed by atoms with van der Waals surface area (Å²) in [6, 6.07) is 18.3. The molecule has 1 amide bonds. The van der Waals surface area contributed by atoms with Gasteiger partial charge in [-0.1, -0.05) is 0 Å². The molecule has 0 radical (unpaired) electrons. The second-order valence-corrected chi connectivity index (χ2v) is 9.59. The van der Waals surface area contributed by atoms with Gasteiger partial charge in [-0.2, -0.15) is 0 Å². The molecule has 1 aliphatic rings. The first-order chi connectivity index (χ1) is 15.4. The van der Waals surface area contributed by atoms with Gasteiger partial charge in [0.05, 0.1) is 18.1 Å². The first-order valence-corrected chi connectivity index (χ1v) is 12.6. The van der Waals surface area contributed by atoms with E-state index in [-0.39, 0.29) is 10.8 Å². The topological polar surface area (TPSA) is 93.7 Å². The van der Waals surface area contributed by atoms with Crippen LogP contribution in [0.2, 0.25) is 0 Å². The van der Waals surface area contributed by atoms with Crippen molar-refractivity contribution in [3.63, 3.8) is 0 Å². The number of benzene rings is 3. The SMILES string of the molecule is CSc1ccc(C(=O)Nc2ccc(NS(=O)(=O)c3ccc4c(c3)OCCCO4)cc2)cc1. The third-order valence-electron chi connectivity index (χ3n) is 4.78. The Morgan fingerprint density at radius 3 is 2.22 bits per heavy atom. The largest absolute Gasteiger partial charge is 0.490 e. The number of fused-ring (bicyclic) bond motifs is 1. The van der Waals surface area contributed by atoms with Gasteiger partial charge in [-0.05, 0) is 66.9 Å². The smallest absolute Gasteiger partial charge is 0.262 e. The zero-order valence-electron chi connectivity index (χ0n) is 17.3. The van der Waals surface area contributed by atoms with Crippen LogP contribution in [-0.2, 0) is 10.0 Å². The monoisotopic (exact) mass is 470 g/mol. The molecule has 0 aliphatic carbocycles. The van der Waals surface area contributed by atoms with E-state index in [1.807, 2.05) is 18.4 Å². The molecule has 1 aliphatic heterocycles. The lowest BCUT2D eigenvalue weighted by Gasteiger charge is -2.12. The molecule has 0 bridgehead atoms. The van der Waals surface area contributed by atoms with Gasteiger partial charge in [-0.25, -0.2) is 8.42 Å². The van der Waals surface area contributed by atoms with Crippen LogP contribution in [0.3, 0.4) is 0 Å². The standard InChI is InChI=1S/C23H22N2O5S2/c1-31-19-9-3-16(4-10-19)23(26)24-17-5-7-18(8-6-17)25-32(27,28)20-11-12-21-22(15-20)30-14-2-13-29-21/h3-12,15,25H,2,13-14H2,1H3,(H,24,26). The highest BCUT2D eigenvalue weighted by molar-refractivity contribution is 7.98. The van der Waals surface area contributed by atoms with E-state index >= 15 is 0 Å². The van der Waals surface area contributed by atoms with Crippen molar-refractivity contribution in [2.24, 2.45) is 0 Å². The Hall–Kier alpha value is -3.17. The summed E-state index contributed by atoms with van der Waals surface area (Å²) in [5.41, 5.74) is 1.48. The summed E-state index contributed by atoms with van der Waals surface area (Å²) in [6.45, 7) is 1.00. The number of carbonyl (C=O) groups is 1. The lowest BCUT2D eigenvalue weighted by atomic mass is 10.2. The Kier molecular flexibility index (Phi) is 6.57. The van der Waals surface area contributed by atoms with E-state index in [0.717, 1.165) is 11.3 Å². The van der Waals surface area contributed by atoms with Crippen molar-refractivity contribution in [2.75, 3.05) is 29.5 Å². The molecular weight excluding hydrogens is 448 g/mol. The highest BCUT2D eigenvalue weighted by atomic mass is 32.2. The van der Waals surface area contributed by atoms with Crippen molar-refractivity contribution in [2.45, 2.75) is 16.2 Å². The minimum atomic E-state index is -3.82.